The minimum atomic E-state index is 0. The molecular weight excluding hydrogens is 407 g/mol. The van der Waals surface area contributed by atoms with Crippen molar-refractivity contribution in [2.45, 2.75) is 58.0 Å². The fourth-order valence-corrected chi connectivity index (χ4v) is 4.71. The molecule has 0 aromatic carbocycles. The fourth-order valence-electron chi connectivity index (χ4n) is 4.71. The normalized spacial score (nSPS) is 29.5. The minimum absolute atomic E-state index is 0. The molecule has 2 N–H and O–H groups in total. The van der Waals surface area contributed by atoms with Crippen LogP contribution in [-0.4, -0.2) is 73.6 Å². The molecule has 0 radical (unpaired) electrons. The largest absolute Gasteiger partial charge is 0.354 e. The first-order chi connectivity index (χ1) is 11.7. The molecule has 27 heavy (non-hydrogen) atoms. The molecule has 3 fully saturated rings. The Morgan fingerprint density at radius 3 is 2.33 bits per heavy atom. The van der Waals surface area contributed by atoms with Gasteiger partial charge >= 0.3 is 0 Å². The first kappa shape index (κ1) is 27.2. The van der Waals surface area contributed by atoms with Crippen molar-refractivity contribution >= 4 is 43.1 Å². The summed E-state index contributed by atoms with van der Waals surface area (Å²) in [5.74, 6) is 1.49. The van der Waals surface area contributed by atoms with E-state index < -0.39 is 0 Å². The van der Waals surface area contributed by atoms with Crippen LogP contribution in [-0.2, 0) is 4.79 Å². The van der Waals surface area contributed by atoms with Crippen molar-refractivity contribution in [3.63, 3.8) is 0 Å². The zero-order chi connectivity index (χ0) is 16.9. The Balaban J connectivity index is 0.00000225. The van der Waals surface area contributed by atoms with Gasteiger partial charge in [-0.2, -0.15) is 0 Å². The molecular formula is C19H39Cl3N4O. The van der Waals surface area contributed by atoms with Crippen LogP contribution in [0.15, 0.2) is 0 Å². The van der Waals surface area contributed by atoms with Gasteiger partial charge in [-0.25, -0.2) is 0 Å². The molecule has 1 saturated carbocycles. The summed E-state index contributed by atoms with van der Waals surface area (Å²) >= 11 is 0. The molecule has 1 aliphatic carbocycles. The summed E-state index contributed by atoms with van der Waals surface area (Å²) in [6.45, 7) is 12.3. The van der Waals surface area contributed by atoms with Gasteiger partial charge in [0.2, 0.25) is 5.91 Å². The van der Waals surface area contributed by atoms with Gasteiger partial charge < -0.3 is 20.4 Å². The summed E-state index contributed by atoms with van der Waals surface area (Å²) in [7, 11) is 0. The summed E-state index contributed by atoms with van der Waals surface area (Å²) in [6, 6.07) is 0.653. The Bertz CT molecular complexity index is 408. The maximum Gasteiger partial charge on any atom is 0.237 e. The molecule has 2 aliphatic heterocycles. The first-order valence-corrected chi connectivity index (χ1v) is 10.1. The second-order valence-corrected chi connectivity index (χ2v) is 8.19. The molecule has 2 saturated heterocycles. The summed E-state index contributed by atoms with van der Waals surface area (Å²) in [5, 5.41) is 6.79. The van der Waals surface area contributed by atoms with E-state index in [4.69, 9.17) is 0 Å². The van der Waals surface area contributed by atoms with Crippen molar-refractivity contribution in [3.05, 3.63) is 0 Å². The Morgan fingerprint density at radius 1 is 1.07 bits per heavy atom. The van der Waals surface area contributed by atoms with Crippen molar-refractivity contribution in [2.24, 2.45) is 11.8 Å². The van der Waals surface area contributed by atoms with E-state index in [1.54, 1.807) is 0 Å². The van der Waals surface area contributed by atoms with E-state index in [9.17, 15) is 4.79 Å². The average Bonchev–Trinajstić information content (AvgIpc) is 3.04. The Kier molecular flexibility index (Phi) is 13.6. The number of carbonyl (C=O) groups is 1. The number of halogens is 3. The molecule has 0 aromatic rings. The molecule has 4 unspecified atom stereocenters. The smallest absolute Gasteiger partial charge is 0.237 e. The number of amides is 1. The molecule has 4 atom stereocenters. The van der Waals surface area contributed by atoms with E-state index in [1.165, 1.54) is 51.9 Å². The van der Waals surface area contributed by atoms with Crippen LogP contribution in [0.5, 0.6) is 0 Å². The molecule has 3 aliphatic rings. The van der Waals surface area contributed by atoms with E-state index >= 15 is 0 Å². The first-order valence-electron chi connectivity index (χ1n) is 10.1. The third kappa shape index (κ3) is 7.87. The number of fused-ring (bicyclic) bond motifs is 1. The van der Waals surface area contributed by atoms with Crippen molar-refractivity contribution in [3.8, 4) is 0 Å². The van der Waals surface area contributed by atoms with Crippen LogP contribution in [0.2, 0.25) is 0 Å². The van der Waals surface area contributed by atoms with Crippen molar-refractivity contribution in [1.29, 1.82) is 0 Å². The number of rotatable bonds is 6. The van der Waals surface area contributed by atoms with Crippen LogP contribution in [0, 0.1) is 11.8 Å². The number of nitrogens with one attached hydrogen (secondary N) is 2. The van der Waals surface area contributed by atoms with Crippen LogP contribution in [0.25, 0.3) is 0 Å². The van der Waals surface area contributed by atoms with Gasteiger partial charge in [0.25, 0.3) is 0 Å². The van der Waals surface area contributed by atoms with Gasteiger partial charge in [-0.1, -0.05) is 26.7 Å². The van der Waals surface area contributed by atoms with Crippen molar-refractivity contribution in [1.82, 2.24) is 20.4 Å². The highest BCUT2D eigenvalue weighted by Crippen LogP contribution is 2.33. The minimum Gasteiger partial charge on any atom is -0.354 e. The van der Waals surface area contributed by atoms with Crippen LogP contribution >= 0.6 is 37.2 Å². The van der Waals surface area contributed by atoms with E-state index in [-0.39, 0.29) is 49.2 Å². The third-order valence-electron chi connectivity index (χ3n) is 6.29. The van der Waals surface area contributed by atoms with Gasteiger partial charge in [-0.3, -0.25) is 4.79 Å². The maximum absolute atomic E-state index is 12.5. The van der Waals surface area contributed by atoms with Crippen LogP contribution in [0.3, 0.4) is 0 Å². The lowest BCUT2D eigenvalue weighted by molar-refractivity contribution is -0.123. The van der Waals surface area contributed by atoms with Gasteiger partial charge in [-0.05, 0) is 37.6 Å². The Labute approximate surface area is 184 Å². The lowest BCUT2D eigenvalue weighted by atomic mass is 9.85. The zero-order valence-electron chi connectivity index (χ0n) is 16.8. The highest BCUT2D eigenvalue weighted by molar-refractivity contribution is 5.86. The van der Waals surface area contributed by atoms with Gasteiger partial charge in [0.15, 0.2) is 0 Å². The molecule has 2 heterocycles. The predicted molar refractivity (Wildman–Crippen MR) is 120 cm³/mol. The van der Waals surface area contributed by atoms with Crippen LogP contribution in [0.4, 0.5) is 0 Å². The zero-order valence-corrected chi connectivity index (χ0v) is 19.3. The fraction of sp³-hybridized carbons (Fsp3) is 0.947. The molecule has 0 bridgehead atoms. The van der Waals surface area contributed by atoms with Gasteiger partial charge in [-0.15, -0.1) is 37.2 Å². The van der Waals surface area contributed by atoms with Gasteiger partial charge in [0.1, 0.15) is 0 Å². The van der Waals surface area contributed by atoms with Crippen molar-refractivity contribution < 1.29 is 4.79 Å². The Hall–Kier alpha value is 0.220. The standard InChI is InChI=1S/C19H36N4O.3ClH/c1-3-22-8-10-23(11-9-22)14-15(2)13-20-19(24)18-12-16-6-4-5-7-17(16)21-18;;;/h15-18,21H,3-14H2,1-2H3,(H,20,24);3*1H. The highest BCUT2D eigenvalue weighted by Gasteiger charge is 2.38. The monoisotopic (exact) mass is 444 g/mol. The molecule has 8 heteroatoms. The number of hydrogen-bond acceptors (Lipinski definition) is 4. The number of carbonyl (C=O) groups excluding carboxylic acids is 1. The molecule has 0 spiro atoms. The summed E-state index contributed by atoms with van der Waals surface area (Å²) in [4.78, 5) is 17.5. The topological polar surface area (TPSA) is 47.6 Å². The molecule has 5 nitrogen and oxygen atoms in total. The summed E-state index contributed by atoms with van der Waals surface area (Å²) < 4.78 is 0. The average molecular weight is 446 g/mol. The van der Waals surface area contributed by atoms with Crippen LogP contribution < -0.4 is 10.6 Å². The van der Waals surface area contributed by atoms with E-state index in [1.807, 2.05) is 0 Å². The highest BCUT2D eigenvalue weighted by atomic mass is 35.5. The summed E-state index contributed by atoms with van der Waals surface area (Å²) in [5.41, 5.74) is 0. The second-order valence-electron chi connectivity index (χ2n) is 8.19. The summed E-state index contributed by atoms with van der Waals surface area (Å²) in [6.07, 6.45) is 6.28. The lowest BCUT2D eigenvalue weighted by Crippen LogP contribution is -2.49. The Morgan fingerprint density at radius 2 is 1.70 bits per heavy atom. The molecule has 0 aromatic heterocycles. The van der Waals surface area contributed by atoms with Crippen LogP contribution in [0.1, 0.15) is 46.0 Å². The van der Waals surface area contributed by atoms with E-state index in [2.05, 4.69) is 34.3 Å². The SMILES string of the molecule is CCN1CCN(CC(C)CNC(=O)C2CC3CCCCC3N2)CC1.Cl.Cl.Cl. The predicted octanol–water partition coefficient (Wildman–Crippen LogP) is 2.56. The molecule has 162 valence electrons. The number of likely N-dealkylation sites (N-methyl/N-ethyl adjacent to an activating group) is 1. The lowest BCUT2D eigenvalue weighted by Gasteiger charge is -2.35. The molecule has 3 rings (SSSR count). The van der Waals surface area contributed by atoms with E-state index in [0.717, 1.165) is 32.0 Å². The van der Waals surface area contributed by atoms with Gasteiger partial charge in [0.05, 0.1) is 6.04 Å². The number of nitrogens with zero attached hydrogens (tertiary/aromatic N) is 2. The second kappa shape index (κ2) is 13.4. The number of hydrogen-bond donors (Lipinski definition) is 2. The number of piperazine rings is 1. The van der Waals surface area contributed by atoms with E-state index in [0.29, 0.717) is 12.0 Å². The third-order valence-corrected chi connectivity index (χ3v) is 6.29. The quantitative estimate of drug-likeness (QED) is 0.659. The van der Waals surface area contributed by atoms with Gasteiger partial charge in [0, 0.05) is 45.3 Å². The maximum atomic E-state index is 12.5. The van der Waals surface area contributed by atoms with Crippen molar-refractivity contribution in [2.75, 3.05) is 45.8 Å². The molecule has 1 amide bonds.